The van der Waals surface area contributed by atoms with Gasteiger partial charge in [-0.2, -0.15) is 15.1 Å². The van der Waals surface area contributed by atoms with Crippen molar-refractivity contribution >= 4 is 33.6 Å². The van der Waals surface area contributed by atoms with Crippen molar-refractivity contribution in [2.45, 2.75) is 25.5 Å². The molecule has 1 aromatic carbocycles. The van der Waals surface area contributed by atoms with Gasteiger partial charge in [-0.1, -0.05) is 12.1 Å². The second-order valence-electron chi connectivity index (χ2n) is 9.56. The first-order chi connectivity index (χ1) is 18.5. The van der Waals surface area contributed by atoms with E-state index in [2.05, 4.69) is 33.9 Å². The Bertz CT molecular complexity index is 1700. The minimum Gasteiger partial charge on any atom is -0.473 e. The number of anilines is 2. The van der Waals surface area contributed by atoms with Gasteiger partial charge in [0.05, 0.1) is 18.3 Å². The Morgan fingerprint density at radius 3 is 2.92 bits per heavy atom. The summed E-state index contributed by atoms with van der Waals surface area (Å²) in [6.07, 6.45) is 7.17. The third-order valence-corrected chi connectivity index (χ3v) is 6.77. The van der Waals surface area contributed by atoms with E-state index < -0.39 is 0 Å². The molecule has 1 aliphatic rings. The number of aryl methyl sites for hydroxylation is 1. The van der Waals surface area contributed by atoms with Crippen molar-refractivity contribution in [2.24, 2.45) is 7.05 Å². The molecule has 0 aliphatic carbocycles. The Kier molecular flexibility index (Phi) is 6.12. The van der Waals surface area contributed by atoms with Crippen LogP contribution in [0.25, 0.3) is 27.8 Å². The summed E-state index contributed by atoms with van der Waals surface area (Å²) >= 11 is 0. The minimum atomic E-state index is -0.217. The molecule has 5 heterocycles. The number of allylic oxidation sites excluding steroid dienone is 1. The van der Waals surface area contributed by atoms with E-state index in [4.69, 9.17) is 14.7 Å². The number of pyridine rings is 1. The van der Waals surface area contributed by atoms with Gasteiger partial charge in [0.15, 0.2) is 11.5 Å². The van der Waals surface area contributed by atoms with Gasteiger partial charge < -0.3 is 15.0 Å². The number of rotatable bonds is 7. The van der Waals surface area contributed by atoms with Crippen molar-refractivity contribution in [2.75, 3.05) is 25.5 Å². The van der Waals surface area contributed by atoms with Crippen LogP contribution in [0.3, 0.4) is 0 Å². The number of likely N-dealkylation sites (tertiary alicyclic amines) is 1. The number of piperidine rings is 1. The van der Waals surface area contributed by atoms with Gasteiger partial charge in [0.1, 0.15) is 11.5 Å². The molecule has 1 atom stereocenters. The van der Waals surface area contributed by atoms with Crippen molar-refractivity contribution in [3.63, 3.8) is 0 Å². The highest BCUT2D eigenvalue weighted by Gasteiger charge is 2.21. The number of fused-ring (bicyclic) bond motifs is 2. The summed E-state index contributed by atoms with van der Waals surface area (Å²) in [5.41, 5.74) is 2.06. The van der Waals surface area contributed by atoms with E-state index >= 15 is 0 Å². The SMILES string of the molecule is C=CCn1c(=O)c2cnc(Nc3ccc4c(cnn4C)c3)nc2n1-c1cccc(O[C@H]2CCCN(C)C2)n1. The maximum atomic E-state index is 13.3. The van der Waals surface area contributed by atoms with E-state index in [0.29, 0.717) is 28.7 Å². The van der Waals surface area contributed by atoms with Crippen molar-refractivity contribution in [1.82, 2.24) is 39.0 Å². The second kappa shape index (κ2) is 9.75. The zero-order valence-electron chi connectivity index (χ0n) is 21.4. The number of benzene rings is 1. The van der Waals surface area contributed by atoms with E-state index in [-0.39, 0.29) is 18.2 Å². The number of hydrogen-bond acceptors (Lipinski definition) is 8. The van der Waals surface area contributed by atoms with Crippen LogP contribution in [0, 0.1) is 0 Å². The Morgan fingerprint density at radius 1 is 1.18 bits per heavy atom. The van der Waals surface area contributed by atoms with Gasteiger partial charge >= 0.3 is 0 Å². The molecule has 5 aromatic rings. The van der Waals surface area contributed by atoms with Gasteiger partial charge in [-0.3, -0.25) is 9.48 Å². The number of aromatic nitrogens is 7. The van der Waals surface area contributed by atoms with E-state index in [1.165, 1.54) is 0 Å². The molecular weight excluding hydrogens is 482 g/mol. The van der Waals surface area contributed by atoms with Crippen molar-refractivity contribution in [3.05, 3.63) is 71.8 Å². The first-order valence-corrected chi connectivity index (χ1v) is 12.6. The summed E-state index contributed by atoms with van der Waals surface area (Å²) < 4.78 is 11.3. The van der Waals surface area contributed by atoms with Crippen LogP contribution in [-0.4, -0.2) is 65.2 Å². The lowest BCUT2D eigenvalue weighted by Gasteiger charge is -2.29. The van der Waals surface area contributed by atoms with Crippen molar-refractivity contribution in [3.8, 4) is 11.7 Å². The monoisotopic (exact) mass is 511 g/mol. The largest absolute Gasteiger partial charge is 0.473 e. The summed E-state index contributed by atoms with van der Waals surface area (Å²) in [7, 11) is 4.00. The van der Waals surface area contributed by atoms with Gasteiger partial charge in [0, 0.05) is 36.9 Å². The summed E-state index contributed by atoms with van der Waals surface area (Å²) in [6, 6.07) is 11.5. The highest BCUT2D eigenvalue weighted by Crippen LogP contribution is 2.23. The second-order valence-corrected chi connectivity index (χ2v) is 9.56. The number of ether oxygens (including phenoxy) is 1. The molecule has 11 heteroatoms. The van der Waals surface area contributed by atoms with E-state index in [0.717, 1.165) is 42.5 Å². The molecular formula is C27H29N9O2. The zero-order valence-corrected chi connectivity index (χ0v) is 21.4. The highest BCUT2D eigenvalue weighted by molar-refractivity contribution is 5.83. The average Bonchev–Trinajstić information content (AvgIpc) is 3.41. The topological polar surface area (TPSA) is 108 Å². The van der Waals surface area contributed by atoms with Crippen LogP contribution >= 0.6 is 0 Å². The van der Waals surface area contributed by atoms with Crippen LogP contribution in [0.1, 0.15) is 12.8 Å². The number of likely N-dealkylation sites (N-methyl/N-ethyl adjacent to an activating group) is 1. The average molecular weight is 512 g/mol. The molecule has 0 unspecified atom stereocenters. The van der Waals surface area contributed by atoms with Crippen LogP contribution in [0.15, 0.2) is 66.2 Å². The summed E-state index contributed by atoms with van der Waals surface area (Å²) in [4.78, 5) is 29.4. The van der Waals surface area contributed by atoms with E-state index in [1.807, 2.05) is 54.3 Å². The fourth-order valence-corrected chi connectivity index (χ4v) is 4.95. The summed E-state index contributed by atoms with van der Waals surface area (Å²) in [5, 5.41) is 8.94. The number of nitrogens with one attached hydrogen (secondary N) is 1. The Hall–Kier alpha value is -4.51. The molecule has 4 aromatic heterocycles. The molecule has 1 aliphatic heterocycles. The van der Waals surface area contributed by atoms with Gasteiger partial charge in [-0.15, -0.1) is 6.58 Å². The maximum Gasteiger partial charge on any atom is 0.278 e. The Balaban J connectivity index is 1.39. The van der Waals surface area contributed by atoms with Crippen LogP contribution in [0.2, 0.25) is 0 Å². The van der Waals surface area contributed by atoms with Crippen LogP contribution < -0.4 is 15.6 Å². The molecule has 0 spiro atoms. The number of nitrogens with zero attached hydrogens (tertiary/aromatic N) is 8. The van der Waals surface area contributed by atoms with Gasteiger partial charge in [-0.25, -0.2) is 14.3 Å². The van der Waals surface area contributed by atoms with E-state index in [9.17, 15) is 4.79 Å². The first kappa shape index (κ1) is 23.9. The smallest absolute Gasteiger partial charge is 0.278 e. The van der Waals surface area contributed by atoms with Crippen LogP contribution in [0.5, 0.6) is 5.88 Å². The molecule has 1 N–H and O–H groups in total. The molecule has 6 rings (SSSR count). The molecule has 0 amide bonds. The lowest BCUT2D eigenvalue weighted by Crippen LogP contribution is -2.38. The highest BCUT2D eigenvalue weighted by atomic mass is 16.5. The maximum absolute atomic E-state index is 13.3. The summed E-state index contributed by atoms with van der Waals surface area (Å²) in [6.45, 7) is 6.04. The van der Waals surface area contributed by atoms with E-state index in [1.54, 1.807) is 21.6 Å². The fourth-order valence-electron chi connectivity index (χ4n) is 4.95. The van der Waals surface area contributed by atoms with Crippen molar-refractivity contribution in [1.29, 1.82) is 0 Å². The summed E-state index contributed by atoms with van der Waals surface area (Å²) in [5.74, 6) is 1.41. The fraction of sp³-hybridized carbons (Fsp3) is 0.296. The lowest BCUT2D eigenvalue weighted by molar-refractivity contribution is 0.1000. The standard InChI is InChI=1S/C27H29N9O2/c1-4-12-35-26(37)21-16-28-27(30-19-10-11-22-18(14-19)15-29-34(22)3)32-25(21)36(35)23-8-5-9-24(31-23)38-20-7-6-13-33(2)17-20/h4-5,8-11,14-16,20H,1,6-7,12-13,17H2,2-3H3,(H,28,30,32)/t20-/m0/s1. The molecule has 0 bridgehead atoms. The molecule has 1 fully saturated rings. The first-order valence-electron chi connectivity index (χ1n) is 12.6. The quantitative estimate of drug-likeness (QED) is 0.332. The molecule has 0 saturated carbocycles. The third kappa shape index (κ3) is 4.41. The van der Waals surface area contributed by atoms with Gasteiger partial charge in [0.2, 0.25) is 11.8 Å². The Morgan fingerprint density at radius 2 is 2.08 bits per heavy atom. The van der Waals surface area contributed by atoms with Crippen LogP contribution in [-0.2, 0) is 13.6 Å². The molecule has 0 radical (unpaired) electrons. The predicted molar refractivity (Wildman–Crippen MR) is 146 cm³/mol. The molecule has 38 heavy (non-hydrogen) atoms. The molecule has 1 saturated heterocycles. The third-order valence-electron chi connectivity index (χ3n) is 6.77. The minimum absolute atomic E-state index is 0.0727. The Labute approximate surface area is 219 Å². The molecule has 194 valence electrons. The lowest BCUT2D eigenvalue weighted by atomic mass is 10.1. The molecule has 11 nitrogen and oxygen atoms in total. The van der Waals surface area contributed by atoms with Crippen LogP contribution in [0.4, 0.5) is 11.6 Å². The van der Waals surface area contributed by atoms with Crippen molar-refractivity contribution < 1.29 is 4.74 Å². The van der Waals surface area contributed by atoms with Gasteiger partial charge in [0.25, 0.3) is 5.56 Å². The number of hydrogen-bond donors (Lipinski definition) is 1. The van der Waals surface area contributed by atoms with Gasteiger partial charge in [-0.05, 0) is 50.7 Å². The zero-order chi connectivity index (χ0) is 26.2. The predicted octanol–water partition coefficient (Wildman–Crippen LogP) is 3.27. The normalized spacial score (nSPS) is 16.2.